The molecule has 2 heterocycles. The van der Waals surface area contributed by atoms with E-state index in [4.69, 9.17) is 45.9 Å². The van der Waals surface area contributed by atoms with Gasteiger partial charge in [-0.3, -0.25) is 14.9 Å². The van der Waals surface area contributed by atoms with Gasteiger partial charge < -0.3 is 33.3 Å². The Hall–Kier alpha value is -4.22. The molecule has 1 spiro atoms. The Morgan fingerprint density at radius 2 is 1.34 bits per heavy atom. The maximum Gasteiger partial charge on any atom is 0.340 e. The average Bonchev–Trinajstić information content (AvgIpc) is 3.45. The summed E-state index contributed by atoms with van der Waals surface area (Å²) in [6.45, 7) is 20.8. The predicted molar refractivity (Wildman–Crippen MR) is 239 cm³/mol. The van der Waals surface area contributed by atoms with Gasteiger partial charge in [0, 0.05) is 46.6 Å². The van der Waals surface area contributed by atoms with Gasteiger partial charge in [-0.1, -0.05) is 18.9 Å². The number of nitrogens with one attached hydrogen (secondary N) is 2. The van der Waals surface area contributed by atoms with Crippen LogP contribution in [0.2, 0.25) is 0 Å². The minimum Gasteiger partial charge on any atom is -0.456 e. The van der Waals surface area contributed by atoms with Crippen LogP contribution >= 0.6 is 21.2 Å². The first kappa shape index (κ1) is 47.8. The van der Waals surface area contributed by atoms with Crippen LogP contribution in [0.3, 0.4) is 0 Å². The summed E-state index contributed by atoms with van der Waals surface area (Å²) >= 11 is 4.72. The molecule has 0 aromatic heterocycles. The maximum absolute atomic E-state index is 13.9. The Morgan fingerprint density at radius 1 is 0.803 bits per heavy atom. The molecular weight excluding hydrogens is 816 g/mol. The Morgan fingerprint density at radius 3 is 1.89 bits per heavy atom. The van der Waals surface area contributed by atoms with Crippen molar-refractivity contribution in [3.63, 3.8) is 0 Å². The van der Waals surface area contributed by atoms with Gasteiger partial charge in [0.25, 0.3) is 8.53 Å². The van der Waals surface area contributed by atoms with Crippen LogP contribution in [0.5, 0.6) is 23.0 Å². The number of anilines is 1. The number of rotatable bonds is 19. The Balaban J connectivity index is 1.26. The molecule has 0 amide bonds. The molecule has 0 saturated carbocycles. The van der Waals surface area contributed by atoms with Crippen molar-refractivity contribution in [3.8, 4) is 29.1 Å². The van der Waals surface area contributed by atoms with Crippen molar-refractivity contribution in [1.29, 1.82) is 5.26 Å². The normalized spacial score (nSPS) is 15.1. The summed E-state index contributed by atoms with van der Waals surface area (Å²) in [4.78, 5) is 39.5. The predicted octanol–water partition coefficient (Wildman–Crippen LogP) is 10.2. The molecule has 0 fully saturated rings. The molecule has 2 unspecified atom stereocenters. The number of hydrogen-bond acceptors (Lipinski definition) is 14. The van der Waals surface area contributed by atoms with Gasteiger partial charge in [-0.2, -0.15) is 5.26 Å². The van der Waals surface area contributed by atoms with E-state index in [1.54, 1.807) is 84.0 Å². The van der Waals surface area contributed by atoms with Crippen LogP contribution in [-0.2, 0) is 29.0 Å². The maximum atomic E-state index is 13.9. The van der Waals surface area contributed by atoms with Crippen molar-refractivity contribution < 1.29 is 42.4 Å². The standard InChI is InChI=1S/C46H61N4O9PS/c1-29(2)50(30(3)4)60(55-25-15-22-47)54-24-14-12-11-13-23-48-43(61)49-31-16-19-35-34(26-31)40(51)59-46(35)36-20-17-32(56-41(52)44(5,6)7)27-38(36)58-39-28-33(18-21-37(39)46)57-42(53)45(8,9)10/h16-21,26-30,43,48-49,61H,11-15,23-25H2,1-10H3. The lowest BCUT2D eigenvalue weighted by atomic mass is 9.77. The Labute approximate surface area is 367 Å². The molecule has 13 nitrogen and oxygen atoms in total. The zero-order valence-corrected chi connectivity index (χ0v) is 38.8. The highest BCUT2D eigenvalue weighted by atomic mass is 32.1. The quantitative estimate of drug-likeness (QED) is 0.0261. The summed E-state index contributed by atoms with van der Waals surface area (Å²) in [7, 11) is -1.24. The monoisotopic (exact) mass is 876 g/mol. The summed E-state index contributed by atoms with van der Waals surface area (Å²) in [5, 5.41) is 15.7. The van der Waals surface area contributed by atoms with Crippen molar-refractivity contribution in [2.24, 2.45) is 10.8 Å². The van der Waals surface area contributed by atoms with Crippen molar-refractivity contribution in [2.75, 3.05) is 25.1 Å². The molecule has 0 bridgehead atoms. The second-order valence-electron chi connectivity index (χ2n) is 17.8. The molecule has 3 aromatic rings. The van der Waals surface area contributed by atoms with Gasteiger partial charge >= 0.3 is 17.9 Å². The summed E-state index contributed by atoms with van der Waals surface area (Å²) in [5.41, 5.74) is -0.579. The molecule has 2 atom stereocenters. The molecule has 3 aromatic carbocycles. The first-order valence-electron chi connectivity index (χ1n) is 20.9. The van der Waals surface area contributed by atoms with Crippen LogP contribution in [0.1, 0.15) is 128 Å². The number of carbonyl (C=O) groups is 3. The highest BCUT2D eigenvalue weighted by Gasteiger charge is 2.54. The lowest BCUT2D eigenvalue weighted by Crippen LogP contribution is -2.33. The van der Waals surface area contributed by atoms with Crippen LogP contribution < -0.4 is 24.8 Å². The Bertz CT molecular complexity index is 2010. The van der Waals surface area contributed by atoms with E-state index in [1.807, 2.05) is 12.1 Å². The lowest BCUT2D eigenvalue weighted by Gasteiger charge is -2.36. The van der Waals surface area contributed by atoms with Crippen LogP contribution in [-0.4, -0.2) is 59.9 Å². The second kappa shape index (κ2) is 20.3. The zero-order chi connectivity index (χ0) is 44.7. The van der Waals surface area contributed by atoms with Crippen LogP contribution in [0.15, 0.2) is 54.6 Å². The summed E-state index contributed by atoms with van der Waals surface area (Å²) in [5.74, 6) is -0.207. The molecule has 2 N–H and O–H groups in total. The van der Waals surface area contributed by atoms with Gasteiger partial charge in [-0.15, -0.1) is 12.6 Å². The number of nitriles is 1. The molecule has 2 aliphatic heterocycles. The van der Waals surface area contributed by atoms with E-state index < -0.39 is 48.4 Å². The SMILES string of the molecule is CC(C)N(C(C)C)P(OCCC#N)OCCCCCCNC(S)Nc1ccc2c(c1)C(=O)OC21c2ccc(OC(=O)C(C)(C)C)cc2Oc2cc(OC(=O)C(C)(C)C)ccc21. The molecule has 0 aliphatic carbocycles. The third kappa shape index (κ3) is 11.6. The van der Waals surface area contributed by atoms with E-state index in [0.29, 0.717) is 59.1 Å². The molecule has 330 valence electrons. The fourth-order valence-corrected chi connectivity index (χ4v) is 8.82. The van der Waals surface area contributed by atoms with E-state index in [1.165, 1.54) is 0 Å². The molecule has 15 heteroatoms. The number of hydrogen-bond donors (Lipinski definition) is 3. The number of carbonyl (C=O) groups excluding carboxylic acids is 3. The highest BCUT2D eigenvalue weighted by Crippen LogP contribution is 2.57. The van der Waals surface area contributed by atoms with Gasteiger partial charge in [0.2, 0.25) is 0 Å². The number of thiol groups is 1. The van der Waals surface area contributed by atoms with Crippen LogP contribution in [0.4, 0.5) is 5.69 Å². The highest BCUT2D eigenvalue weighted by molar-refractivity contribution is 7.81. The fraction of sp³-hybridized carbons (Fsp3) is 0.522. The molecule has 5 rings (SSSR count). The van der Waals surface area contributed by atoms with Crippen molar-refractivity contribution in [3.05, 3.63) is 76.9 Å². The van der Waals surface area contributed by atoms with Gasteiger partial charge in [0.15, 0.2) is 5.60 Å². The number of nitrogens with zero attached hydrogens (tertiary/aromatic N) is 2. The van der Waals surface area contributed by atoms with E-state index in [2.05, 4.69) is 49.1 Å². The molecular formula is C46H61N4O9PS. The molecule has 61 heavy (non-hydrogen) atoms. The number of esters is 3. The first-order valence-corrected chi connectivity index (χ1v) is 22.6. The minimum atomic E-state index is -1.41. The van der Waals surface area contributed by atoms with Crippen LogP contribution in [0, 0.1) is 22.2 Å². The molecule has 2 aliphatic rings. The van der Waals surface area contributed by atoms with E-state index in [9.17, 15) is 14.4 Å². The lowest BCUT2D eigenvalue weighted by molar-refractivity contribution is -0.143. The summed E-state index contributed by atoms with van der Waals surface area (Å²) < 4.78 is 38.6. The number of ether oxygens (including phenoxy) is 4. The summed E-state index contributed by atoms with van der Waals surface area (Å²) in [6, 6.07) is 18.1. The topological polar surface area (TPSA) is 158 Å². The van der Waals surface area contributed by atoms with Crippen molar-refractivity contribution >= 4 is 44.8 Å². The number of benzene rings is 3. The third-order valence-corrected chi connectivity index (χ3v) is 12.4. The smallest absolute Gasteiger partial charge is 0.340 e. The largest absolute Gasteiger partial charge is 0.456 e. The van der Waals surface area contributed by atoms with E-state index in [0.717, 1.165) is 32.2 Å². The molecule has 0 radical (unpaired) electrons. The van der Waals surface area contributed by atoms with E-state index >= 15 is 0 Å². The third-order valence-electron chi connectivity index (χ3n) is 9.97. The van der Waals surface area contributed by atoms with Crippen molar-refractivity contribution in [1.82, 2.24) is 9.99 Å². The van der Waals surface area contributed by atoms with Gasteiger partial charge in [-0.25, -0.2) is 9.46 Å². The Kier molecular flexibility index (Phi) is 15.9. The first-order chi connectivity index (χ1) is 28.8. The second-order valence-corrected chi connectivity index (χ2v) is 19.8. The summed E-state index contributed by atoms with van der Waals surface area (Å²) in [6.07, 6.45) is 4.17. The van der Waals surface area contributed by atoms with E-state index in [-0.39, 0.29) is 23.6 Å². The fourth-order valence-electron chi connectivity index (χ4n) is 6.91. The van der Waals surface area contributed by atoms with Gasteiger partial charge in [-0.05, 0) is 125 Å². The number of unbranched alkanes of at least 4 members (excludes halogenated alkanes) is 3. The minimum absolute atomic E-state index is 0.261. The van der Waals surface area contributed by atoms with Crippen molar-refractivity contribution in [2.45, 2.75) is 125 Å². The van der Waals surface area contributed by atoms with Crippen LogP contribution in [0.25, 0.3) is 0 Å². The zero-order valence-electron chi connectivity index (χ0n) is 37.0. The van der Waals surface area contributed by atoms with Gasteiger partial charge in [0.05, 0.1) is 42.1 Å². The van der Waals surface area contributed by atoms with Gasteiger partial charge in [0.1, 0.15) is 28.5 Å². The number of fused-ring (bicyclic) bond motifs is 6. The molecule has 0 saturated heterocycles. The average molecular weight is 877 g/mol.